The van der Waals surface area contributed by atoms with E-state index in [-0.39, 0.29) is 17.3 Å². The molecule has 3 rings (SSSR count). The number of nitrogen functional groups attached to an aromatic ring is 1. The fraction of sp³-hybridized carbons (Fsp3) is 0.0714. The van der Waals surface area contributed by atoms with Gasteiger partial charge in [0, 0.05) is 11.2 Å². The molecular weight excluding hydrogens is 309 g/mol. The fourth-order valence-corrected chi connectivity index (χ4v) is 2.39. The second kappa shape index (κ2) is 5.70. The summed E-state index contributed by atoms with van der Waals surface area (Å²) in [5.41, 5.74) is 3.93. The number of aromatic nitrogens is 3. The monoisotopic (exact) mass is 319 g/mol. The van der Waals surface area contributed by atoms with Crippen LogP contribution in [0.1, 0.15) is 16.1 Å². The van der Waals surface area contributed by atoms with E-state index >= 15 is 0 Å². The topological polar surface area (TPSA) is 85.8 Å². The van der Waals surface area contributed by atoms with Gasteiger partial charge in [0.05, 0.1) is 12.1 Å². The van der Waals surface area contributed by atoms with Crippen molar-refractivity contribution < 1.29 is 9.18 Å². The number of benzene rings is 1. The van der Waals surface area contributed by atoms with Crippen LogP contribution >= 0.6 is 11.6 Å². The van der Waals surface area contributed by atoms with E-state index in [9.17, 15) is 9.18 Å². The van der Waals surface area contributed by atoms with Crippen LogP contribution in [0, 0.1) is 5.82 Å². The third-order valence-electron chi connectivity index (χ3n) is 3.19. The van der Waals surface area contributed by atoms with Gasteiger partial charge in [0.15, 0.2) is 5.69 Å². The summed E-state index contributed by atoms with van der Waals surface area (Å²) in [7, 11) is 0. The molecule has 0 aliphatic carbocycles. The summed E-state index contributed by atoms with van der Waals surface area (Å²) in [6.07, 6.45) is 1.56. The van der Waals surface area contributed by atoms with Gasteiger partial charge in [0.2, 0.25) is 0 Å². The Labute approximate surface area is 129 Å². The Kier molecular flexibility index (Phi) is 3.74. The predicted molar refractivity (Wildman–Crippen MR) is 79.7 cm³/mol. The van der Waals surface area contributed by atoms with Gasteiger partial charge in [-0.3, -0.25) is 19.9 Å². The Morgan fingerprint density at radius 3 is 2.95 bits per heavy atom. The van der Waals surface area contributed by atoms with E-state index in [1.807, 2.05) is 5.43 Å². The van der Waals surface area contributed by atoms with Crippen molar-refractivity contribution in [2.45, 2.75) is 6.54 Å². The van der Waals surface area contributed by atoms with Gasteiger partial charge in [0.25, 0.3) is 5.91 Å². The van der Waals surface area contributed by atoms with Gasteiger partial charge in [-0.25, -0.2) is 10.2 Å². The van der Waals surface area contributed by atoms with E-state index in [1.165, 1.54) is 12.1 Å². The van der Waals surface area contributed by atoms with Crippen molar-refractivity contribution in [3.05, 3.63) is 58.6 Å². The number of carbonyl (C=O) groups excluding carboxylic acids is 1. The number of nitrogens with zero attached hydrogens (tertiary/aromatic N) is 3. The van der Waals surface area contributed by atoms with Gasteiger partial charge in [0.1, 0.15) is 11.3 Å². The van der Waals surface area contributed by atoms with Crippen molar-refractivity contribution in [1.29, 1.82) is 0 Å². The Hall–Kier alpha value is -2.51. The van der Waals surface area contributed by atoms with Gasteiger partial charge in [-0.05, 0) is 29.8 Å². The van der Waals surface area contributed by atoms with Crippen molar-refractivity contribution in [2.24, 2.45) is 5.84 Å². The summed E-state index contributed by atoms with van der Waals surface area (Å²) < 4.78 is 14.7. The zero-order valence-corrected chi connectivity index (χ0v) is 12.0. The lowest BCUT2D eigenvalue weighted by atomic mass is 10.2. The van der Waals surface area contributed by atoms with E-state index in [2.05, 4.69) is 10.1 Å². The first kappa shape index (κ1) is 14.4. The smallest absolute Gasteiger partial charge is 0.287 e. The molecule has 6 nitrogen and oxygen atoms in total. The molecular formula is C14H11ClFN5O. The predicted octanol–water partition coefficient (Wildman–Crippen LogP) is 1.88. The summed E-state index contributed by atoms with van der Waals surface area (Å²) in [5.74, 6) is 4.21. The van der Waals surface area contributed by atoms with Crippen LogP contribution in [-0.2, 0) is 6.54 Å². The molecule has 0 fully saturated rings. The molecule has 0 atom stereocenters. The number of amides is 1. The molecule has 0 saturated carbocycles. The Balaban J connectivity index is 2.09. The number of halogens is 2. The summed E-state index contributed by atoms with van der Waals surface area (Å²) in [4.78, 5) is 15.9. The molecule has 0 saturated heterocycles. The molecule has 8 heteroatoms. The third-order valence-corrected chi connectivity index (χ3v) is 3.54. The minimum absolute atomic E-state index is 0.122. The van der Waals surface area contributed by atoms with E-state index in [0.717, 1.165) is 0 Å². The minimum Gasteiger partial charge on any atom is -0.289 e. The van der Waals surface area contributed by atoms with Crippen molar-refractivity contribution >= 4 is 28.5 Å². The van der Waals surface area contributed by atoms with Gasteiger partial charge < -0.3 is 0 Å². The lowest BCUT2D eigenvalue weighted by Crippen LogP contribution is -2.30. The molecule has 0 radical (unpaired) electrons. The number of rotatable bonds is 3. The molecule has 2 heterocycles. The highest BCUT2D eigenvalue weighted by Gasteiger charge is 2.18. The molecule has 0 bridgehead atoms. The maximum absolute atomic E-state index is 13.1. The summed E-state index contributed by atoms with van der Waals surface area (Å²) in [6.45, 7) is 0.277. The van der Waals surface area contributed by atoms with Crippen LogP contribution < -0.4 is 11.3 Å². The molecule has 1 aromatic carbocycles. The number of hydrogen-bond acceptors (Lipinski definition) is 4. The fourth-order valence-electron chi connectivity index (χ4n) is 2.16. The van der Waals surface area contributed by atoms with Crippen molar-refractivity contribution in [2.75, 3.05) is 0 Å². The van der Waals surface area contributed by atoms with Crippen LogP contribution in [0.4, 0.5) is 4.39 Å². The van der Waals surface area contributed by atoms with Gasteiger partial charge in [-0.1, -0.05) is 17.7 Å². The van der Waals surface area contributed by atoms with Crippen LogP contribution in [0.25, 0.3) is 11.0 Å². The summed E-state index contributed by atoms with van der Waals surface area (Å²) in [5, 5.41) is 4.52. The zero-order chi connectivity index (χ0) is 15.7. The molecule has 112 valence electrons. The molecule has 22 heavy (non-hydrogen) atoms. The first-order valence-corrected chi connectivity index (χ1v) is 6.74. The average molecular weight is 320 g/mol. The van der Waals surface area contributed by atoms with Crippen molar-refractivity contribution in [3.8, 4) is 0 Å². The second-order valence-electron chi connectivity index (χ2n) is 4.59. The molecule has 2 aromatic heterocycles. The minimum atomic E-state index is -0.535. The highest BCUT2D eigenvalue weighted by molar-refractivity contribution is 6.31. The lowest BCUT2D eigenvalue weighted by Gasteiger charge is -2.06. The van der Waals surface area contributed by atoms with Gasteiger partial charge >= 0.3 is 0 Å². The normalized spacial score (nSPS) is 10.9. The molecule has 1 amide bonds. The summed E-state index contributed by atoms with van der Waals surface area (Å²) in [6, 6.07) is 7.63. The highest BCUT2D eigenvalue weighted by atomic mass is 35.5. The maximum Gasteiger partial charge on any atom is 0.287 e. The number of nitrogens with one attached hydrogen (secondary N) is 1. The first-order valence-electron chi connectivity index (χ1n) is 6.36. The number of nitrogens with two attached hydrogens (primary N) is 1. The lowest BCUT2D eigenvalue weighted by molar-refractivity contribution is 0.0949. The molecule has 3 aromatic rings. The Morgan fingerprint density at radius 2 is 2.23 bits per heavy atom. The third kappa shape index (κ3) is 2.51. The first-order chi connectivity index (χ1) is 10.6. The number of fused-ring (bicyclic) bond motifs is 1. The van der Waals surface area contributed by atoms with Gasteiger partial charge in [-0.15, -0.1) is 0 Å². The Bertz CT molecular complexity index is 864. The number of carbonyl (C=O) groups is 1. The molecule has 0 spiro atoms. The molecule has 0 unspecified atom stereocenters. The average Bonchev–Trinajstić information content (AvgIpc) is 2.88. The second-order valence-corrected chi connectivity index (χ2v) is 4.99. The van der Waals surface area contributed by atoms with Gasteiger partial charge in [-0.2, -0.15) is 5.10 Å². The zero-order valence-electron chi connectivity index (χ0n) is 11.3. The van der Waals surface area contributed by atoms with E-state index in [0.29, 0.717) is 16.6 Å². The van der Waals surface area contributed by atoms with E-state index in [4.69, 9.17) is 17.4 Å². The number of hydrogen-bond donors (Lipinski definition) is 2. The molecule has 0 aliphatic heterocycles. The highest BCUT2D eigenvalue weighted by Crippen LogP contribution is 2.21. The van der Waals surface area contributed by atoms with E-state index in [1.54, 1.807) is 29.1 Å². The van der Waals surface area contributed by atoms with Crippen LogP contribution in [0.3, 0.4) is 0 Å². The SMILES string of the molecule is NNC(=O)c1nn(Cc2ccc(F)cc2Cl)c2cccnc12. The largest absolute Gasteiger partial charge is 0.289 e. The van der Waals surface area contributed by atoms with Crippen molar-refractivity contribution in [1.82, 2.24) is 20.2 Å². The van der Waals surface area contributed by atoms with Crippen LogP contribution in [0.5, 0.6) is 0 Å². The number of hydrazine groups is 1. The van der Waals surface area contributed by atoms with Crippen LogP contribution in [0.2, 0.25) is 5.02 Å². The quantitative estimate of drug-likeness (QED) is 0.438. The van der Waals surface area contributed by atoms with Crippen LogP contribution in [0.15, 0.2) is 36.5 Å². The molecule has 0 aliphatic rings. The van der Waals surface area contributed by atoms with E-state index < -0.39 is 11.7 Å². The Morgan fingerprint density at radius 1 is 1.41 bits per heavy atom. The van der Waals surface area contributed by atoms with Crippen molar-refractivity contribution in [3.63, 3.8) is 0 Å². The number of pyridine rings is 1. The standard InChI is InChI=1S/C14H11ClFN5O/c15-10-6-9(16)4-3-8(10)7-21-11-2-1-5-18-12(11)13(20-21)14(22)19-17/h1-6H,7,17H2,(H,19,22). The maximum atomic E-state index is 13.1. The molecule has 3 N–H and O–H groups in total. The summed E-state index contributed by atoms with van der Waals surface area (Å²) >= 11 is 6.03. The van der Waals surface area contributed by atoms with Crippen LogP contribution in [-0.4, -0.2) is 20.7 Å².